The van der Waals surface area contributed by atoms with Crippen molar-refractivity contribution in [2.24, 2.45) is 10.2 Å². The minimum Gasteiger partial charge on any atom is -0.497 e. The van der Waals surface area contributed by atoms with Gasteiger partial charge in [0.1, 0.15) is 5.75 Å². The van der Waals surface area contributed by atoms with Crippen molar-refractivity contribution in [3.8, 4) is 11.5 Å². The van der Waals surface area contributed by atoms with Crippen LogP contribution in [0.4, 0.5) is 0 Å². The van der Waals surface area contributed by atoms with Gasteiger partial charge in [-0.2, -0.15) is 5.10 Å². The second-order valence-corrected chi connectivity index (χ2v) is 15.4. The van der Waals surface area contributed by atoms with Gasteiger partial charge in [-0.15, -0.1) is 5.10 Å². The highest BCUT2D eigenvalue weighted by Gasteiger charge is 2.20. The summed E-state index contributed by atoms with van der Waals surface area (Å²) in [4.78, 5) is -2.61. The van der Waals surface area contributed by atoms with Crippen LogP contribution in [-0.4, -0.2) is 43.2 Å². The number of hydrogen-bond donors (Lipinski definition) is 0. The zero-order valence-corrected chi connectivity index (χ0v) is 20.8. The number of rotatable bonds is 9. The fourth-order valence-electron chi connectivity index (χ4n) is 1.86. The molecule has 0 saturated carbocycles. The molecule has 0 aromatic heterocycles. The van der Waals surface area contributed by atoms with Crippen LogP contribution < -0.4 is 9.26 Å². The van der Waals surface area contributed by atoms with E-state index in [-0.39, 0.29) is 0 Å². The smallest absolute Gasteiger partial charge is 0.497 e. The Kier molecular flexibility index (Phi) is 9.28. The third-order valence-electron chi connectivity index (χ3n) is 3.50. The highest BCUT2D eigenvalue weighted by molar-refractivity contribution is 8.37. The number of ether oxygens (including phenoxy) is 1. The summed E-state index contributed by atoms with van der Waals surface area (Å²) in [5.41, 5.74) is 1.78. The Labute approximate surface area is 191 Å². The Bertz CT molecular complexity index is 937. The summed E-state index contributed by atoms with van der Waals surface area (Å²) in [5, 5.41) is 8.49. The summed E-state index contributed by atoms with van der Waals surface area (Å²) < 4.78 is 13.9. The predicted molar refractivity (Wildman–Crippen MR) is 131 cm³/mol. The van der Waals surface area contributed by atoms with Gasteiger partial charge in [-0.1, -0.05) is 4.78 Å². The first-order chi connectivity index (χ1) is 13.7. The summed E-state index contributed by atoms with van der Waals surface area (Å²) in [6, 6.07) is 14.9. The molecule has 0 bridgehead atoms. The number of halogens is 2. The third-order valence-corrected chi connectivity index (χ3v) is 8.18. The molecule has 6 nitrogen and oxygen atoms in total. The average Bonchev–Trinajstić information content (AvgIpc) is 2.70. The first-order valence-electron chi connectivity index (χ1n) is 8.13. The molecule has 0 fully saturated rings. The molecule has 0 spiro atoms. The van der Waals surface area contributed by atoms with Crippen LogP contribution in [0.15, 0.2) is 58.7 Å². The monoisotopic (exact) mass is 507 g/mol. The molecule has 1 unspecified atom stereocenters. The number of methoxy groups -OCH3 is 1. The minimum absolute atomic E-state index is 0.642. The second-order valence-electron chi connectivity index (χ2n) is 5.57. The van der Waals surface area contributed by atoms with Gasteiger partial charge >= 0.3 is 7.07 Å². The van der Waals surface area contributed by atoms with Crippen LogP contribution in [0.2, 0.25) is 0 Å². The van der Waals surface area contributed by atoms with Crippen LogP contribution in [0.25, 0.3) is 0 Å². The third kappa shape index (κ3) is 8.17. The molecule has 2 aromatic rings. The predicted octanol–water partition coefficient (Wildman–Crippen LogP) is 5.78. The molecule has 12 heteroatoms. The fraction of sp³-hybridized carbons (Fsp3) is 0.176. The Morgan fingerprint density at radius 3 is 1.90 bits per heavy atom. The molecular formula is C17H19Cl2N4O2P2S2+. The lowest BCUT2D eigenvalue weighted by Gasteiger charge is -2.15. The first-order valence-corrected chi connectivity index (χ1v) is 14.9. The SMILES string of the molecule is COc1ccc(/C=N/N(C)[P+](=S)Oc2ccc(/C=N/N(C)P(=S)(Cl)Cl)cc2)cc1. The topological polar surface area (TPSA) is 49.7 Å². The van der Waals surface area contributed by atoms with E-state index < -0.39 is 12.0 Å². The first kappa shape index (κ1) is 24.0. The van der Waals surface area contributed by atoms with Crippen molar-refractivity contribution in [3.05, 3.63) is 59.7 Å². The molecule has 0 amide bonds. The summed E-state index contributed by atoms with van der Waals surface area (Å²) in [6.45, 7) is 0. The fourth-order valence-corrected chi connectivity index (χ4v) is 3.33. The Balaban J connectivity index is 1.93. The molecule has 154 valence electrons. The van der Waals surface area contributed by atoms with Crippen molar-refractivity contribution in [2.45, 2.75) is 0 Å². The maximum atomic E-state index is 5.89. The van der Waals surface area contributed by atoms with Crippen LogP contribution in [0, 0.1) is 0 Å². The van der Waals surface area contributed by atoms with E-state index in [2.05, 4.69) is 10.2 Å². The lowest BCUT2D eigenvalue weighted by Crippen LogP contribution is -2.03. The maximum absolute atomic E-state index is 5.89. The van der Waals surface area contributed by atoms with E-state index in [0.717, 1.165) is 16.9 Å². The van der Waals surface area contributed by atoms with Crippen LogP contribution >= 0.6 is 34.5 Å². The van der Waals surface area contributed by atoms with Crippen molar-refractivity contribution >= 4 is 70.5 Å². The molecule has 0 heterocycles. The molecule has 0 saturated heterocycles. The van der Waals surface area contributed by atoms with Gasteiger partial charge in [-0.25, -0.2) is 4.78 Å². The van der Waals surface area contributed by atoms with Crippen LogP contribution in [0.5, 0.6) is 11.5 Å². The molecular weight excluding hydrogens is 489 g/mol. The quantitative estimate of drug-likeness (QED) is 0.243. The molecule has 0 aliphatic carbocycles. The Hall–Kier alpha value is -1.27. The standard InChI is InChI=1S/C17H19Cl2N4O2P2S2/c1-22(20-12-14-4-8-16(24-3)9-5-14)26(28)25-17-10-6-15(7-11-17)13-21-23(2)27(18,19)29/h4-13H,1-3H3/q+1/b20-12+,21-13+. The van der Waals surface area contributed by atoms with Crippen LogP contribution in [-0.2, 0) is 23.6 Å². The molecule has 0 aliphatic rings. The molecule has 0 aliphatic heterocycles. The van der Waals surface area contributed by atoms with Gasteiger partial charge in [0, 0.05) is 7.05 Å². The lowest BCUT2D eigenvalue weighted by atomic mass is 10.2. The van der Waals surface area contributed by atoms with Gasteiger partial charge in [0.25, 0.3) is 0 Å². The molecule has 2 rings (SSSR count). The maximum Gasteiger partial charge on any atom is 0.540 e. The number of nitrogens with zero attached hydrogens (tertiary/aromatic N) is 4. The minimum atomic E-state index is -2.61. The van der Waals surface area contributed by atoms with Gasteiger partial charge < -0.3 is 4.74 Å². The summed E-state index contributed by atoms with van der Waals surface area (Å²) in [5.74, 6) is 1.43. The summed E-state index contributed by atoms with van der Waals surface area (Å²) in [6.07, 6.45) is 3.34. The van der Waals surface area contributed by atoms with E-state index in [0.29, 0.717) is 5.75 Å². The van der Waals surface area contributed by atoms with Crippen molar-refractivity contribution in [3.63, 3.8) is 0 Å². The van der Waals surface area contributed by atoms with Gasteiger partial charge in [0.05, 0.1) is 26.6 Å². The lowest BCUT2D eigenvalue weighted by molar-refractivity contribution is 0.415. The Morgan fingerprint density at radius 1 is 0.931 bits per heavy atom. The zero-order valence-electron chi connectivity index (χ0n) is 15.8. The molecule has 1 atom stereocenters. The van der Waals surface area contributed by atoms with Crippen LogP contribution in [0.1, 0.15) is 11.1 Å². The molecule has 2 aromatic carbocycles. The van der Waals surface area contributed by atoms with Gasteiger partial charge in [-0.3, -0.25) is 4.52 Å². The summed E-state index contributed by atoms with van der Waals surface area (Å²) in [7, 11) is 3.68. The Morgan fingerprint density at radius 2 is 1.41 bits per heavy atom. The largest absolute Gasteiger partial charge is 0.540 e. The van der Waals surface area contributed by atoms with Gasteiger partial charge in [0.15, 0.2) is 5.75 Å². The van der Waals surface area contributed by atoms with E-state index >= 15 is 0 Å². The second kappa shape index (κ2) is 11.2. The summed E-state index contributed by atoms with van der Waals surface area (Å²) >= 11 is 22.2. The van der Waals surface area contributed by atoms with Crippen LogP contribution in [0.3, 0.4) is 0 Å². The van der Waals surface area contributed by atoms with E-state index in [9.17, 15) is 0 Å². The van der Waals surface area contributed by atoms with Crippen molar-refractivity contribution in [2.75, 3.05) is 21.2 Å². The van der Waals surface area contributed by atoms with E-state index in [1.54, 1.807) is 38.4 Å². The van der Waals surface area contributed by atoms with Gasteiger partial charge in [0.2, 0.25) is 16.7 Å². The van der Waals surface area contributed by atoms with Crippen molar-refractivity contribution < 1.29 is 9.26 Å². The van der Waals surface area contributed by atoms with Crippen molar-refractivity contribution in [1.29, 1.82) is 0 Å². The number of hydrogen-bond acceptors (Lipinski definition) is 6. The number of hydrazone groups is 2. The van der Waals surface area contributed by atoms with E-state index in [1.807, 2.05) is 48.5 Å². The van der Waals surface area contributed by atoms with Gasteiger partial charge in [-0.05, 0) is 93.9 Å². The highest BCUT2D eigenvalue weighted by Crippen LogP contribution is 2.59. The highest BCUT2D eigenvalue weighted by atomic mass is 35.9. The molecule has 29 heavy (non-hydrogen) atoms. The molecule has 0 N–H and O–H groups in total. The average molecular weight is 508 g/mol. The number of benzene rings is 2. The zero-order chi connectivity index (χ0) is 21.4. The normalized spacial score (nSPS) is 12.2. The van der Waals surface area contributed by atoms with E-state index in [4.69, 9.17) is 55.4 Å². The van der Waals surface area contributed by atoms with E-state index in [1.165, 1.54) is 4.78 Å². The molecule has 0 radical (unpaired) electrons. The van der Waals surface area contributed by atoms with Crippen molar-refractivity contribution in [1.82, 2.24) is 9.56 Å².